The van der Waals surface area contributed by atoms with Crippen molar-refractivity contribution in [3.05, 3.63) is 34.9 Å². The van der Waals surface area contributed by atoms with E-state index in [2.05, 4.69) is 32.2 Å². The average Bonchev–Trinajstić information content (AvgIpc) is 2.14. The van der Waals surface area contributed by atoms with E-state index in [-0.39, 0.29) is 0 Å². The zero-order valence-electron chi connectivity index (χ0n) is 9.97. The van der Waals surface area contributed by atoms with E-state index in [9.17, 15) is 0 Å². The molecule has 0 fully saturated rings. The Morgan fingerprint density at radius 1 is 1.27 bits per heavy atom. The molecule has 0 radical (unpaired) electrons. The van der Waals surface area contributed by atoms with Crippen LogP contribution in [0.5, 0.6) is 0 Å². The quantitative estimate of drug-likeness (QED) is 0.819. The maximum atomic E-state index is 6.19. The molecule has 1 N–H and O–H groups in total. The van der Waals surface area contributed by atoms with E-state index in [0.717, 1.165) is 11.4 Å². The maximum absolute atomic E-state index is 6.19. The molecular weight excluding hydrogens is 206 g/mol. The third-order valence-electron chi connectivity index (χ3n) is 2.45. The maximum Gasteiger partial charge on any atom is 0.0453 e. The Morgan fingerprint density at radius 2 is 1.87 bits per heavy atom. The van der Waals surface area contributed by atoms with Gasteiger partial charge in [-0.2, -0.15) is 0 Å². The lowest BCUT2D eigenvalue weighted by Gasteiger charge is -2.26. The van der Waals surface area contributed by atoms with Crippen molar-refractivity contribution in [1.82, 2.24) is 5.32 Å². The number of rotatable bonds is 3. The third-order valence-corrected chi connectivity index (χ3v) is 2.79. The third kappa shape index (κ3) is 3.84. The Bertz CT molecular complexity index is 315. The first kappa shape index (κ1) is 12.5. The van der Waals surface area contributed by atoms with Crippen molar-refractivity contribution in [2.24, 2.45) is 5.41 Å². The summed E-state index contributed by atoms with van der Waals surface area (Å²) in [5.41, 5.74) is 1.49. The van der Waals surface area contributed by atoms with Gasteiger partial charge in [0.05, 0.1) is 0 Å². The molecule has 1 aromatic carbocycles. The van der Waals surface area contributed by atoms with Crippen LogP contribution in [0.1, 0.15) is 38.8 Å². The van der Waals surface area contributed by atoms with Crippen LogP contribution in [0.4, 0.5) is 0 Å². The van der Waals surface area contributed by atoms with Crippen molar-refractivity contribution >= 4 is 11.6 Å². The highest BCUT2D eigenvalue weighted by atomic mass is 35.5. The molecule has 1 aromatic rings. The summed E-state index contributed by atoms with van der Waals surface area (Å²) in [6, 6.07) is 8.38. The minimum Gasteiger partial charge on any atom is -0.313 e. The minimum atomic E-state index is 0.298. The van der Waals surface area contributed by atoms with Gasteiger partial charge in [-0.3, -0.25) is 0 Å². The molecule has 0 heterocycles. The summed E-state index contributed by atoms with van der Waals surface area (Å²) in [6.45, 7) is 6.73. The van der Waals surface area contributed by atoms with Gasteiger partial charge in [0.25, 0.3) is 0 Å². The van der Waals surface area contributed by atoms with Crippen LogP contribution in [0.3, 0.4) is 0 Å². The van der Waals surface area contributed by atoms with Gasteiger partial charge in [0.1, 0.15) is 0 Å². The summed E-state index contributed by atoms with van der Waals surface area (Å²) in [5, 5.41) is 4.18. The normalized spacial score (nSPS) is 13.9. The molecule has 1 atom stereocenters. The van der Waals surface area contributed by atoms with Gasteiger partial charge in [0.15, 0.2) is 0 Å². The number of halogens is 1. The SMILES string of the molecule is CNC(CC(C)(C)C)c1ccccc1Cl. The second kappa shape index (κ2) is 5.00. The summed E-state index contributed by atoms with van der Waals surface area (Å²) in [6.07, 6.45) is 1.08. The number of hydrogen-bond donors (Lipinski definition) is 1. The Hall–Kier alpha value is -0.530. The Balaban J connectivity index is 2.88. The molecule has 0 aromatic heterocycles. The lowest BCUT2D eigenvalue weighted by atomic mass is 9.85. The molecule has 0 amide bonds. The highest BCUT2D eigenvalue weighted by Gasteiger charge is 2.20. The van der Waals surface area contributed by atoms with Gasteiger partial charge >= 0.3 is 0 Å². The summed E-state index contributed by atoms with van der Waals surface area (Å²) in [4.78, 5) is 0. The van der Waals surface area contributed by atoms with Crippen LogP contribution >= 0.6 is 11.6 Å². The first-order valence-corrected chi connectivity index (χ1v) is 5.73. The average molecular weight is 226 g/mol. The second-order valence-electron chi connectivity index (χ2n) is 5.13. The van der Waals surface area contributed by atoms with Crippen LogP contribution < -0.4 is 5.32 Å². The largest absolute Gasteiger partial charge is 0.313 e. The van der Waals surface area contributed by atoms with Crippen molar-refractivity contribution in [3.63, 3.8) is 0 Å². The predicted molar refractivity (Wildman–Crippen MR) is 67.3 cm³/mol. The van der Waals surface area contributed by atoms with Gasteiger partial charge in [-0.15, -0.1) is 0 Å². The van der Waals surface area contributed by atoms with Crippen molar-refractivity contribution in [1.29, 1.82) is 0 Å². The molecule has 0 aliphatic carbocycles. The summed E-state index contributed by atoms with van der Waals surface area (Å²) in [7, 11) is 1.99. The number of hydrogen-bond acceptors (Lipinski definition) is 1. The van der Waals surface area contributed by atoms with E-state index >= 15 is 0 Å². The summed E-state index contributed by atoms with van der Waals surface area (Å²) in [5.74, 6) is 0. The van der Waals surface area contributed by atoms with Gasteiger partial charge in [0, 0.05) is 11.1 Å². The van der Waals surface area contributed by atoms with E-state index in [1.54, 1.807) is 0 Å². The van der Waals surface area contributed by atoms with Crippen molar-refractivity contribution in [3.8, 4) is 0 Å². The van der Waals surface area contributed by atoms with E-state index < -0.39 is 0 Å². The lowest BCUT2D eigenvalue weighted by Crippen LogP contribution is -2.22. The molecule has 1 rings (SSSR count). The molecule has 0 saturated heterocycles. The minimum absolute atomic E-state index is 0.298. The molecular formula is C13H20ClN. The van der Waals surface area contributed by atoms with Crippen LogP contribution in [-0.2, 0) is 0 Å². The molecule has 0 aliphatic heterocycles. The lowest BCUT2D eigenvalue weighted by molar-refractivity contribution is 0.321. The first-order valence-electron chi connectivity index (χ1n) is 5.36. The van der Waals surface area contributed by atoms with Gasteiger partial charge in [-0.1, -0.05) is 50.6 Å². The van der Waals surface area contributed by atoms with E-state index in [1.807, 2.05) is 25.2 Å². The summed E-state index contributed by atoms with van der Waals surface area (Å²) >= 11 is 6.19. The predicted octanol–water partition coefficient (Wildman–Crippen LogP) is 4.04. The fraction of sp³-hybridized carbons (Fsp3) is 0.538. The fourth-order valence-corrected chi connectivity index (χ4v) is 2.01. The molecule has 1 unspecified atom stereocenters. The monoisotopic (exact) mass is 225 g/mol. The van der Waals surface area contributed by atoms with Crippen LogP contribution in [0.2, 0.25) is 5.02 Å². The Labute approximate surface area is 97.8 Å². The second-order valence-corrected chi connectivity index (χ2v) is 5.53. The van der Waals surface area contributed by atoms with Crippen molar-refractivity contribution in [2.75, 3.05) is 7.05 Å². The molecule has 84 valence electrons. The molecule has 0 bridgehead atoms. The standard InChI is InChI=1S/C13H20ClN/c1-13(2,3)9-12(15-4)10-7-5-6-8-11(10)14/h5-8,12,15H,9H2,1-4H3. The van der Waals surface area contributed by atoms with Crippen LogP contribution in [0.15, 0.2) is 24.3 Å². The zero-order chi connectivity index (χ0) is 11.5. The van der Waals surface area contributed by atoms with E-state index in [1.165, 1.54) is 5.56 Å². The number of nitrogens with one attached hydrogen (secondary N) is 1. The van der Waals surface area contributed by atoms with E-state index in [0.29, 0.717) is 11.5 Å². The number of benzene rings is 1. The summed E-state index contributed by atoms with van der Waals surface area (Å²) < 4.78 is 0. The fourth-order valence-electron chi connectivity index (χ4n) is 1.74. The van der Waals surface area contributed by atoms with Crippen molar-refractivity contribution < 1.29 is 0 Å². The highest BCUT2D eigenvalue weighted by molar-refractivity contribution is 6.31. The van der Waals surface area contributed by atoms with Crippen molar-refractivity contribution in [2.45, 2.75) is 33.2 Å². The zero-order valence-corrected chi connectivity index (χ0v) is 10.7. The van der Waals surface area contributed by atoms with Gasteiger partial charge in [-0.05, 0) is 30.5 Å². The highest BCUT2D eigenvalue weighted by Crippen LogP contribution is 2.32. The van der Waals surface area contributed by atoms with Crippen LogP contribution in [0, 0.1) is 5.41 Å². The molecule has 1 nitrogen and oxygen atoms in total. The molecule has 15 heavy (non-hydrogen) atoms. The molecule has 2 heteroatoms. The molecule has 0 aliphatic rings. The smallest absolute Gasteiger partial charge is 0.0453 e. The first-order chi connectivity index (χ1) is 6.94. The van der Waals surface area contributed by atoms with Gasteiger partial charge in [0.2, 0.25) is 0 Å². The Morgan fingerprint density at radius 3 is 2.33 bits per heavy atom. The van der Waals surface area contributed by atoms with Crippen LogP contribution in [-0.4, -0.2) is 7.05 Å². The Kier molecular flexibility index (Phi) is 4.18. The van der Waals surface area contributed by atoms with Gasteiger partial charge in [-0.25, -0.2) is 0 Å². The topological polar surface area (TPSA) is 12.0 Å². The molecule has 0 saturated carbocycles. The van der Waals surface area contributed by atoms with Crippen LogP contribution in [0.25, 0.3) is 0 Å². The molecule has 0 spiro atoms. The van der Waals surface area contributed by atoms with Gasteiger partial charge < -0.3 is 5.32 Å². The van der Waals surface area contributed by atoms with E-state index in [4.69, 9.17) is 11.6 Å².